The van der Waals surface area contributed by atoms with Crippen LogP contribution in [0.25, 0.3) is 0 Å². The van der Waals surface area contributed by atoms with Crippen LogP contribution in [0.3, 0.4) is 0 Å². The second kappa shape index (κ2) is 6.61. The Hall–Kier alpha value is -0.823. The molecular formula is C26H40Si. The second-order valence-electron chi connectivity index (χ2n) is 11.5. The van der Waals surface area contributed by atoms with Crippen molar-refractivity contribution in [1.29, 1.82) is 0 Å². The zero-order valence-electron chi connectivity index (χ0n) is 18.5. The van der Waals surface area contributed by atoms with E-state index in [1.807, 2.05) is 0 Å². The van der Waals surface area contributed by atoms with Crippen LogP contribution in [0.15, 0.2) is 47.6 Å². The largest absolute Gasteiger partial charge is 0.0843 e. The van der Waals surface area contributed by atoms with Gasteiger partial charge in [0.2, 0.25) is 0 Å². The molecule has 4 aliphatic rings. The highest BCUT2D eigenvalue weighted by molar-refractivity contribution is 6.83. The molecule has 148 valence electrons. The van der Waals surface area contributed by atoms with Gasteiger partial charge in [-0.25, -0.2) is 0 Å². The normalized spacial score (nSPS) is 44.2. The van der Waals surface area contributed by atoms with Gasteiger partial charge < -0.3 is 0 Å². The summed E-state index contributed by atoms with van der Waals surface area (Å²) < 4.78 is 0. The lowest BCUT2D eigenvalue weighted by Gasteiger charge is -2.51. The Morgan fingerprint density at radius 1 is 0.778 bits per heavy atom. The lowest BCUT2D eigenvalue weighted by Crippen LogP contribution is -2.49. The van der Waals surface area contributed by atoms with E-state index >= 15 is 0 Å². The standard InChI is InChI=1S/C26H40Si/c1-19-11-7-9-13-21-15-25(3,17-23(19)21)27(5,6)26(4)16-22-14-10-8-12-20(2)24(22)18-26/h7-10,13-14,19-20,23-24H,11-12,15-18H2,1-6H3. The molecule has 2 saturated carbocycles. The summed E-state index contributed by atoms with van der Waals surface area (Å²) in [4.78, 5) is 0. The average Bonchev–Trinajstić information content (AvgIpc) is 3.04. The third kappa shape index (κ3) is 3.00. The second-order valence-corrected chi connectivity index (χ2v) is 17.2. The summed E-state index contributed by atoms with van der Waals surface area (Å²) in [6.07, 6.45) is 22.6. The quantitative estimate of drug-likeness (QED) is 0.425. The van der Waals surface area contributed by atoms with E-state index in [1.54, 1.807) is 11.1 Å². The summed E-state index contributed by atoms with van der Waals surface area (Å²) in [5.74, 6) is 3.29. The van der Waals surface area contributed by atoms with Crippen LogP contribution >= 0.6 is 0 Å². The van der Waals surface area contributed by atoms with Crippen LogP contribution in [-0.2, 0) is 0 Å². The van der Waals surface area contributed by atoms with Crippen molar-refractivity contribution in [3.05, 3.63) is 47.6 Å². The smallest absolute Gasteiger partial charge is 0.0599 e. The van der Waals surface area contributed by atoms with Crippen LogP contribution in [0.1, 0.15) is 66.2 Å². The van der Waals surface area contributed by atoms with Gasteiger partial charge in [0, 0.05) is 0 Å². The van der Waals surface area contributed by atoms with E-state index in [4.69, 9.17) is 0 Å². The van der Waals surface area contributed by atoms with Gasteiger partial charge in [-0.05, 0) is 72.3 Å². The first-order valence-corrected chi connectivity index (χ1v) is 14.4. The number of rotatable bonds is 2. The maximum absolute atomic E-state index is 2.76. The highest BCUT2D eigenvalue weighted by Crippen LogP contribution is 2.69. The van der Waals surface area contributed by atoms with Crippen LogP contribution in [0, 0.1) is 23.7 Å². The molecule has 0 saturated heterocycles. The van der Waals surface area contributed by atoms with Crippen molar-refractivity contribution in [2.24, 2.45) is 23.7 Å². The number of allylic oxidation sites excluding steroid dienone is 8. The third-order valence-electron chi connectivity index (χ3n) is 9.78. The molecule has 0 amide bonds. The van der Waals surface area contributed by atoms with Gasteiger partial charge in [0.25, 0.3) is 0 Å². The zero-order chi connectivity index (χ0) is 19.4. The molecule has 0 aromatic carbocycles. The fraction of sp³-hybridized carbons (Fsp3) is 0.692. The molecule has 6 atom stereocenters. The van der Waals surface area contributed by atoms with Crippen molar-refractivity contribution in [2.75, 3.05) is 0 Å². The first kappa shape index (κ1) is 19.5. The Labute approximate surface area is 168 Å². The lowest BCUT2D eigenvalue weighted by atomic mass is 9.87. The van der Waals surface area contributed by atoms with E-state index in [0.29, 0.717) is 10.1 Å². The van der Waals surface area contributed by atoms with Crippen molar-refractivity contribution in [3.8, 4) is 0 Å². The van der Waals surface area contributed by atoms with Gasteiger partial charge in [-0.2, -0.15) is 0 Å². The van der Waals surface area contributed by atoms with E-state index in [1.165, 1.54) is 38.5 Å². The molecule has 0 nitrogen and oxygen atoms in total. The van der Waals surface area contributed by atoms with Crippen LogP contribution in [0.5, 0.6) is 0 Å². The van der Waals surface area contributed by atoms with Crippen LogP contribution in [-0.4, -0.2) is 8.07 Å². The van der Waals surface area contributed by atoms with Crippen molar-refractivity contribution >= 4 is 8.07 Å². The van der Waals surface area contributed by atoms with Crippen molar-refractivity contribution in [2.45, 2.75) is 89.4 Å². The first-order valence-electron chi connectivity index (χ1n) is 11.4. The van der Waals surface area contributed by atoms with E-state index in [2.05, 4.69) is 77.2 Å². The van der Waals surface area contributed by atoms with Crippen molar-refractivity contribution in [1.82, 2.24) is 0 Å². The fourth-order valence-corrected chi connectivity index (χ4v) is 11.2. The molecule has 0 aromatic rings. The highest BCUT2D eigenvalue weighted by Gasteiger charge is 2.60. The fourth-order valence-electron chi connectivity index (χ4n) is 7.02. The minimum Gasteiger partial charge on any atom is -0.0843 e. The van der Waals surface area contributed by atoms with E-state index in [-0.39, 0.29) is 0 Å². The number of fused-ring (bicyclic) bond motifs is 2. The molecule has 0 heterocycles. The highest BCUT2D eigenvalue weighted by atomic mass is 28.3. The predicted octanol–water partition coefficient (Wildman–Crippen LogP) is 8.08. The molecule has 27 heavy (non-hydrogen) atoms. The topological polar surface area (TPSA) is 0 Å². The molecule has 0 N–H and O–H groups in total. The molecule has 0 aromatic heterocycles. The van der Waals surface area contributed by atoms with Gasteiger partial charge in [0.05, 0.1) is 8.07 Å². The minimum absolute atomic E-state index is 0.543. The van der Waals surface area contributed by atoms with Crippen molar-refractivity contribution < 1.29 is 0 Å². The van der Waals surface area contributed by atoms with Crippen LogP contribution in [0.4, 0.5) is 0 Å². The first-order chi connectivity index (χ1) is 12.7. The Morgan fingerprint density at radius 3 is 1.59 bits per heavy atom. The Bertz CT molecular complexity index is 660. The average molecular weight is 381 g/mol. The molecule has 6 unspecified atom stereocenters. The maximum atomic E-state index is 2.76. The van der Waals surface area contributed by atoms with Gasteiger partial charge in [-0.3, -0.25) is 0 Å². The summed E-state index contributed by atoms with van der Waals surface area (Å²) in [7, 11) is -1.48. The maximum Gasteiger partial charge on any atom is 0.0599 e. The molecule has 2 fully saturated rings. The molecule has 4 rings (SSSR count). The predicted molar refractivity (Wildman–Crippen MR) is 122 cm³/mol. The summed E-state index contributed by atoms with van der Waals surface area (Å²) >= 11 is 0. The number of hydrogen-bond donors (Lipinski definition) is 0. The third-order valence-corrected chi connectivity index (χ3v) is 16.6. The summed E-state index contributed by atoms with van der Waals surface area (Å²) in [6, 6.07) is 0. The Morgan fingerprint density at radius 2 is 1.19 bits per heavy atom. The van der Waals surface area contributed by atoms with E-state index in [0.717, 1.165) is 23.7 Å². The van der Waals surface area contributed by atoms with E-state index in [9.17, 15) is 0 Å². The molecule has 4 aliphatic carbocycles. The zero-order valence-corrected chi connectivity index (χ0v) is 19.5. The minimum atomic E-state index is -1.48. The lowest BCUT2D eigenvalue weighted by molar-refractivity contribution is 0.379. The Kier molecular flexibility index (Phi) is 4.77. The van der Waals surface area contributed by atoms with Gasteiger partial charge in [0.15, 0.2) is 0 Å². The van der Waals surface area contributed by atoms with Crippen molar-refractivity contribution in [3.63, 3.8) is 0 Å². The molecule has 0 bridgehead atoms. The monoisotopic (exact) mass is 380 g/mol. The summed E-state index contributed by atoms with van der Waals surface area (Å²) in [6.45, 7) is 15.9. The SMILES string of the molecule is CC1CC=CC=C2CC(C)([Si](C)(C)C3(C)CC4=CC=CCC(C)C4C3)CC21. The van der Waals surface area contributed by atoms with Crippen LogP contribution in [0.2, 0.25) is 23.2 Å². The van der Waals surface area contributed by atoms with Gasteiger partial charge >= 0.3 is 0 Å². The van der Waals surface area contributed by atoms with Gasteiger partial charge in [0.1, 0.15) is 0 Å². The number of hydrogen-bond acceptors (Lipinski definition) is 0. The molecule has 0 aliphatic heterocycles. The molecule has 1 heteroatoms. The molecule has 0 spiro atoms. The Balaban J connectivity index is 1.65. The molecular weight excluding hydrogens is 340 g/mol. The van der Waals surface area contributed by atoms with Crippen LogP contribution < -0.4 is 0 Å². The van der Waals surface area contributed by atoms with E-state index < -0.39 is 8.07 Å². The molecule has 0 radical (unpaired) electrons. The van der Waals surface area contributed by atoms with Gasteiger partial charge in [-0.1, -0.05) is 88.4 Å². The van der Waals surface area contributed by atoms with Gasteiger partial charge in [-0.15, -0.1) is 0 Å². The summed E-state index contributed by atoms with van der Waals surface area (Å²) in [5, 5.41) is 1.09. The summed E-state index contributed by atoms with van der Waals surface area (Å²) in [5.41, 5.74) is 3.54.